The highest BCUT2D eigenvalue weighted by atomic mass is 35.5. The van der Waals surface area contributed by atoms with Crippen LogP contribution in [0.2, 0.25) is 5.02 Å². The van der Waals surface area contributed by atoms with E-state index in [4.69, 9.17) is 16.3 Å². The Morgan fingerprint density at radius 2 is 1.82 bits per heavy atom. The van der Waals surface area contributed by atoms with Gasteiger partial charge in [-0.15, -0.1) is 0 Å². The number of nitrogens with zero attached hydrogens (tertiary/aromatic N) is 2. The van der Waals surface area contributed by atoms with E-state index in [1.165, 1.54) is 30.3 Å². The van der Waals surface area contributed by atoms with E-state index in [9.17, 15) is 18.4 Å². The number of aryl methyl sites for hydroxylation is 1. The van der Waals surface area contributed by atoms with Crippen LogP contribution in [0.5, 0.6) is 5.75 Å². The predicted molar refractivity (Wildman–Crippen MR) is 120 cm³/mol. The van der Waals surface area contributed by atoms with Crippen LogP contribution in [0.3, 0.4) is 0 Å². The number of esters is 1. The van der Waals surface area contributed by atoms with Crippen LogP contribution in [0.1, 0.15) is 32.9 Å². The summed E-state index contributed by atoms with van der Waals surface area (Å²) >= 11 is 6.23. The van der Waals surface area contributed by atoms with E-state index in [1.807, 2.05) is 38.1 Å². The number of hydrogen-bond donors (Lipinski definition) is 0. The summed E-state index contributed by atoms with van der Waals surface area (Å²) in [6.45, 7) is 0.760. The predicted octanol–water partition coefficient (Wildman–Crippen LogP) is 5.24. The number of hydrogen-bond acceptors (Lipinski definition) is 5. The fraction of sp³-hybridized carbons (Fsp3) is 0.208. The number of carbonyl (C=O) groups is 2. The maximum Gasteiger partial charge on any atom is 0.387 e. The monoisotopic (exact) mass is 474 g/mol. The number of ketones is 1. The minimum absolute atomic E-state index is 0.0673. The third kappa shape index (κ3) is 6.49. The van der Waals surface area contributed by atoms with Crippen molar-refractivity contribution >= 4 is 29.4 Å². The summed E-state index contributed by atoms with van der Waals surface area (Å²) in [5.74, 6) is -1.23. The molecule has 0 bridgehead atoms. The number of ether oxygens (including phenoxy) is 2. The molecule has 0 radical (unpaired) electrons. The lowest BCUT2D eigenvalue weighted by Crippen LogP contribution is -2.12. The molecule has 0 amide bonds. The normalized spacial score (nSPS) is 11.2. The van der Waals surface area contributed by atoms with Gasteiger partial charge in [0.05, 0.1) is 12.2 Å². The van der Waals surface area contributed by atoms with E-state index >= 15 is 0 Å². The second kappa shape index (κ2) is 10.9. The van der Waals surface area contributed by atoms with Gasteiger partial charge in [-0.25, -0.2) is 4.79 Å². The summed E-state index contributed by atoms with van der Waals surface area (Å²) < 4.78 is 35.4. The maximum atomic E-state index is 12.2. The number of carbonyl (C=O) groups excluding carboxylic acids is 2. The first-order valence-electron chi connectivity index (χ1n) is 9.95. The Labute approximate surface area is 194 Å². The van der Waals surface area contributed by atoms with Crippen molar-refractivity contribution in [3.63, 3.8) is 0 Å². The van der Waals surface area contributed by atoms with Gasteiger partial charge in [-0.3, -0.25) is 9.48 Å². The average molecular weight is 475 g/mol. The van der Waals surface area contributed by atoms with Crippen LogP contribution in [0.25, 0.3) is 6.08 Å². The molecule has 1 aromatic heterocycles. The quantitative estimate of drug-likeness (QED) is 0.241. The lowest BCUT2D eigenvalue weighted by atomic mass is 10.1. The standard InChI is InChI=1S/C24H21ClF2N2O4/c1-15-20(16(2)29(28-15)13-18-5-3-4-6-21(18)25)11-12-23(31)32-14-22(30)17-7-9-19(10-8-17)33-24(26)27/h3-12,24H,13-14H2,1-2H3. The first-order valence-corrected chi connectivity index (χ1v) is 10.3. The average Bonchev–Trinajstić information content (AvgIpc) is 3.04. The second-order valence-electron chi connectivity index (χ2n) is 7.10. The van der Waals surface area contributed by atoms with Gasteiger partial charge in [0.25, 0.3) is 0 Å². The van der Waals surface area contributed by atoms with E-state index in [1.54, 1.807) is 10.8 Å². The molecule has 0 aliphatic rings. The van der Waals surface area contributed by atoms with Gasteiger partial charge in [0.2, 0.25) is 0 Å². The number of Topliss-reactive ketones (excluding diaryl/α,β-unsaturated/α-hetero) is 1. The highest BCUT2D eigenvalue weighted by Crippen LogP contribution is 2.20. The molecule has 0 N–H and O–H groups in total. The van der Waals surface area contributed by atoms with Crippen molar-refractivity contribution in [2.45, 2.75) is 27.0 Å². The first-order chi connectivity index (χ1) is 15.7. The molecular formula is C24H21ClF2N2O4. The van der Waals surface area contributed by atoms with Gasteiger partial charge < -0.3 is 9.47 Å². The van der Waals surface area contributed by atoms with Crippen molar-refractivity contribution in [3.8, 4) is 5.75 Å². The lowest BCUT2D eigenvalue weighted by Gasteiger charge is -2.06. The van der Waals surface area contributed by atoms with Crippen LogP contribution < -0.4 is 4.74 Å². The van der Waals surface area contributed by atoms with Crippen LogP contribution in [-0.4, -0.2) is 34.8 Å². The SMILES string of the molecule is Cc1nn(Cc2ccccc2Cl)c(C)c1C=CC(=O)OCC(=O)c1ccc(OC(F)F)cc1. The van der Waals surface area contributed by atoms with Gasteiger partial charge in [-0.1, -0.05) is 29.8 Å². The highest BCUT2D eigenvalue weighted by molar-refractivity contribution is 6.31. The van der Waals surface area contributed by atoms with Crippen molar-refractivity contribution in [1.29, 1.82) is 0 Å². The summed E-state index contributed by atoms with van der Waals surface area (Å²) in [4.78, 5) is 24.2. The zero-order valence-electron chi connectivity index (χ0n) is 17.9. The molecule has 3 rings (SSSR count). The number of benzene rings is 2. The van der Waals surface area contributed by atoms with E-state index in [0.29, 0.717) is 11.6 Å². The Kier molecular flexibility index (Phi) is 7.95. The van der Waals surface area contributed by atoms with E-state index in [-0.39, 0.29) is 11.3 Å². The number of rotatable bonds is 9. The first kappa shape index (κ1) is 24.1. The van der Waals surface area contributed by atoms with Crippen molar-refractivity contribution in [1.82, 2.24) is 9.78 Å². The molecule has 6 nitrogen and oxygen atoms in total. The van der Waals surface area contributed by atoms with Gasteiger partial charge in [0.1, 0.15) is 5.75 Å². The molecule has 0 fully saturated rings. The summed E-state index contributed by atoms with van der Waals surface area (Å²) in [6.07, 6.45) is 2.81. The van der Waals surface area contributed by atoms with Crippen LogP contribution in [0.15, 0.2) is 54.6 Å². The van der Waals surface area contributed by atoms with Crippen LogP contribution >= 0.6 is 11.6 Å². The number of aromatic nitrogens is 2. The van der Waals surface area contributed by atoms with Crippen molar-refractivity contribution in [3.05, 3.63) is 87.7 Å². The third-order valence-corrected chi connectivity index (χ3v) is 5.22. The molecule has 0 aliphatic carbocycles. The molecule has 2 aromatic carbocycles. The Morgan fingerprint density at radius 3 is 2.48 bits per heavy atom. The van der Waals surface area contributed by atoms with E-state index < -0.39 is 25.0 Å². The van der Waals surface area contributed by atoms with Gasteiger partial charge in [0, 0.05) is 27.9 Å². The lowest BCUT2D eigenvalue weighted by molar-refractivity contribution is -0.136. The van der Waals surface area contributed by atoms with Gasteiger partial charge in [0.15, 0.2) is 12.4 Å². The molecule has 9 heteroatoms. The summed E-state index contributed by atoms with van der Waals surface area (Å²) in [5.41, 5.74) is 3.47. The molecule has 0 saturated carbocycles. The molecule has 33 heavy (non-hydrogen) atoms. The Balaban J connectivity index is 1.58. The smallest absolute Gasteiger partial charge is 0.387 e. The molecule has 0 saturated heterocycles. The Bertz CT molecular complexity index is 1170. The van der Waals surface area contributed by atoms with Gasteiger partial charge in [-0.05, 0) is 55.8 Å². The zero-order chi connectivity index (χ0) is 24.0. The van der Waals surface area contributed by atoms with Crippen LogP contribution in [-0.2, 0) is 16.1 Å². The van der Waals surface area contributed by atoms with Gasteiger partial charge in [-0.2, -0.15) is 13.9 Å². The molecule has 0 atom stereocenters. The van der Waals surface area contributed by atoms with Crippen molar-refractivity contribution in [2.75, 3.05) is 6.61 Å². The Hall–Kier alpha value is -3.52. The zero-order valence-corrected chi connectivity index (χ0v) is 18.7. The fourth-order valence-electron chi connectivity index (χ4n) is 3.14. The number of halogens is 3. The molecule has 0 unspecified atom stereocenters. The van der Waals surface area contributed by atoms with Crippen molar-refractivity contribution < 1.29 is 27.8 Å². The molecule has 3 aromatic rings. The maximum absolute atomic E-state index is 12.2. The van der Waals surface area contributed by atoms with E-state index in [0.717, 1.165) is 22.5 Å². The highest BCUT2D eigenvalue weighted by Gasteiger charge is 2.13. The summed E-state index contributed by atoms with van der Waals surface area (Å²) in [6, 6.07) is 12.6. The number of alkyl halides is 2. The Morgan fingerprint density at radius 1 is 1.12 bits per heavy atom. The topological polar surface area (TPSA) is 70.4 Å². The largest absolute Gasteiger partial charge is 0.454 e. The van der Waals surface area contributed by atoms with Crippen molar-refractivity contribution in [2.24, 2.45) is 0 Å². The van der Waals surface area contributed by atoms with Crippen LogP contribution in [0, 0.1) is 13.8 Å². The molecule has 0 spiro atoms. The van der Waals surface area contributed by atoms with E-state index in [2.05, 4.69) is 9.84 Å². The summed E-state index contributed by atoms with van der Waals surface area (Å²) in [7, 11) is 0. The molecule has 0 aliphatic heterocycles. The summed E-state index contributed by atoms with van der Waals surface area (Å²) in [5, 5.41) is 5.15. The molecule has 172 valence electrons. The molecular weight excluding hydrogens is 454 g/mol. The fourth-order valence-corrected chi connectivity index (χ4v) is 3.33. The minimum atomic E-state index is -2.95. The third-order valence-electron chi connectivity index (χ3n) is 4.85. The second-order valence-corrected chi connectivity index (χ2v) is 7.51. The minimum Gasteiger partial charge on any atom is -0.454 e. The van der Waals surface area contributed by atoms with Crippen LogP contribution in [0.4, 0.5) is 8.78 Å². The molecule has 1 heterocycles. The van der Waals surface area contributed by atoms with Gasteiger partial charge >= 0.3 is 12.6 Å².